The molecule has 0 spiro atoms. The van der Waals surface area contributed by atoms with Gasteiger partial charge in [0.25, 0.3) is 5.89 Å². The van der Waals surface area contributed by atoms with Crippen LogP contribution >= 0.6 is 15.9 Å². The zero-order valence-electron chi connectivity index (χ0n) is 12.3. The highest BCUT2D eigenvalue weighted by Crippen LogP contribution is 2.26. The molecular formula is C15H19BrN4O. The van der Waals surface area contributed by atoms with Crippen LogP contribution in [0.2, 0.25) is 0 Å². The molecule has 1 saturated heterocycles. The lowest BCUT2D eigenvalue weighted by Gasteiger charge is -2.30. The molecule has 6 heteroatoms. The Morgan fingerprint density at radius 1 is 1.33 bits per heavy atom. The Kier molecular flexibility index (Phi) is 4.37. The summed E-state index contributed by atoms with van der Waals surface area (Å²) in [6.07, 6.45) is 0. The molecule has 0 bridgehead atoms. The summed E-state index contributed by atoms with van der Waals surface area (Å²) in [5.74, 6) is 1.35. The van der Waals surface area contributed by atoms with Crippen LogP contribution in [-0.2, 0) is 0 Å². The standard InChI is InChI=1S/C15H19BrN4O/c1-10-9-12(16)3-4-13(10)15-18-14(19-21-15)11(2)20-7-5-17-6-8-20/h3-4,9,11,17H,5-8H2,1-2H3. The summed E-state index contributed by atoms with van der Waals surface area (Å²) in [6, 6.07) is 6.23. The van der Waals surface area contributed by atoms with E-state index in [1.807, 2.05) is 19.1 Å². The molecular weight excluding hydrogens is 332 g/mol. The van der Waals surface area contributed by atoms with Gasteiger partial charge in [0.05, 0.1) is 6.04 Å². The van der Waals surface area contributed by atoms with Crippen LogP contribution in [0.25, 0.3) is 11.5 Å². The maximum Gasteiger partial charge on any atom is 0.258 e. The zero-order chi connectivity index (χ0) is 14.8. The van der Waals surface area contributed by atoms with Crippen LogP contribution in [0, 0.1) is 6.92 Å². The first-order valence-electron chi connectivity index (χ1n) is 7.20. The molecule has 1 aliphatic rings. The third kappa shape index (κ3) is 3.17. The van der Waals surface area contributed by atoms with E-state index in [0.29, 0.717) is 5.89 Å². The lowest BCUT2D eigenvalue weighted by Crippen LogP contribution is -2.44. The van der Waals surface area contributed by atoms with E-state index < -0.39 is 0 Å². The minimum absolute atomic E-state index is 0.181. The van der Waals surface area contributed by atoms with E-state index in [9.17, 15) is 0 Å². The molecule has 1 unspecified atom stereocenters. The van der Waals surface area contributed by atoms with Gasteiger partial charge in [0, 0.05) is 36.2 Å². The lowest BCUT2D eigenvalue weighted by atomic mass is 10.1. The Labute approximate surface area is 132 Å². The Morgan fingerprint density at radius 2 is 2.10 bits per heavy atom. The molecule has 0 aliphatic carbocycles. The van der Waals surface area contributed by atoms with E-state index in [2.05, 4.69) is 49.3 Å². The highest BCUT2D eigenvalue weighted by atomic mass is 79.9. The Balaban J connectivity index is 1.82. The first-order valence-corrected chi connectivity index (χ1v) is 7.99. The molecule has 3 rings (SSSR count). The molecule has 1 aliphatic heterocycles. The van der Waals surface area contributed by atoms with Crippen LogP contribution in [0.3, 0.4) is 0 Å². The van der Waals surface area contributed by atoms with E-state index in [0.717, 1.165) is 47.6 Å². The largest absolute Gasteiger partial charge is 0.334 e. The molecule has 21 heavy (non-hydrogen) atoms. The fourth-order valence-corrected chi connectivity index (χ4v) is 3.09. The van der Waals surface area contributed by atoms with Crippen molar-refractivity contribution in [3.05, 3.63) is 34.1 Å². The van der Waals surface area contributed by atoms with Crippen molar-refractivity contribution in [1.29, 1.82) is 0 Å². The summed E-state index contributed by atoms with van der Waals surface area (Å²) in [4.78, 5) is 6.97. The molecule has 5 nitrogen and oxygen atoms in total. The number of rotatable bonds is 3. The zero-order valence-corrected chi connectivity index (χ0v) is 13.9. The normalized spacial score (nSPS) is 17.9. The third-order valence-electron chi connectivity index (χ3n) is 3.93. The molecule has 2 aromatic rings. The number of hydrogen-bond donors (Lipinski definition) is 1. The first-order chi connectivity index (χ1) is 10.1. The van der Waals surface area contributed by atoms with Crippen molar-refractivity contribution in [1.82, 2.24) is 20.4 Å². The maximum atomic E-state index is 5.46. The monoisotopic (exact) mass is 350 g/mol. The van der Waals surface area contributed by atoms with Gasteiger partial charge in [-0.25, -0.2) is 0 Å². The number of aromatic nitrogens is 2. The van der Waals surface area contributed by atoms with Gasteiger partial charge >= 0.3 is 0 Å². The van der Waals surface area contributed by atoms with Crippen molar-refractivity contribution in [2.45, 2.75) is 19.9 Å². The van der Waals surface area contributed by atoms with E-state index in [1.165, 1.54) is 0 Å². The van der Waals surface area contributed by atoms with Crippen LogP contribution in [-0.4, -0.2) is 41.2 Å². The van der Waals surface area contributed by atoms with E-state index in [4.69, 9.17) is 4.52 Å². The second-order valence-corrected chi connectivity index (χ2v) is 6.29. The van der Waals surface area contributed by atoms with E-state index >= 15 is 0 Å². The van der Waals surface area contributed by atoms with Crippen LogP contribution in [0.1, 0.15) is 24.4 Å². The highest BCUT2D eigenvalue weighted by Gasteiger charge is 2.23. The van der Waals surface area contributed by atoms with Gasteiger partial charge in [-0.3, -0.25) is 4.90 Å². The second-order valence-electron chi connectivity index (χ2n) is 5.38. The highest BCUT2D eigenvalue weighted by molar-refractivity contribution is 9.10. The summed E-state index contributed by atoms with van der Waals surface area (Å²) in [7, 11) is 0. The van der Waals surface area contributed by atoms with Gasteiger partial charge in [0.15, 0.2) is 5.82 Å². The van der Waals surface area contributed by atoms with Crippen molar-refractivity contribution >= 4 is 15.9 Å². The Bertz CT molecular complexity index is 622. The van der Waals surface area contributed by atoms with Crippen LogP contribution in [0.15, 0.2) is 27.2 Å². The summed E-state index contributed by atoms with van der Waals surface area (Å²) >= 11 is 3.47. The molecule has 0 saturated carbocycles. The van der Waals surface area contributed by atoms with E-state index in [-0.39, 0.29) is 6.04 Å². The summed E-state index contributed by atoms with van der Waals surface area (Å²) in [5.41, 5.74) is 2.11. The van der Waals surface area contributed by atoms with E-state index in [1.54, 1.807) is 0 Å². The SMILES string of the molecule is Cc1cc(Br)ccc1-c1nc(C(C)N2CCNCC2)no1. The lowest BCUT2D eigenvalue weighted by molar-refractivity contribution is 0.176. The number of hydrogen-bond acceptors (Lipinski definition) is 5. The van der Waals surface area contributed by atoms with Crippen molar-refractivity contribution in [2.24, 2.45) is 0 Å². The summed E-state index contributed by atoms with van der Waals surface area (Å²) in [6.45, 7) is 8.24. The Morgan fingerprint density at radius 3 is 2.81 bits per heavy atom. The van der Waals surface area contributed by atoms with Gasteiger partial charge in [-0.2, -0.15) is 4.98 Å². The second kappa shape index (κ2) is 6.25. The first kappa shape index (κ1) is 14.7. The number of piperazine rings is 1. The molecule has 1 N–H and O–H groups in total. The molecule has 1 aromatic carbocycles. The molecule has 1 atom stereocenters. The number of nitrogens with one attached hydrogen (secondary N) is 1. The average Bonchev–Trinajstić information content (AvgIpc) is 2.97. The molecule has 2 heterocycles. The van der Waals surface area contributed by atoms with Crippen LogP contribution in [0.4, 0.5) is 0 Å². The quantitative estimate of drug-likeness (QED) is 0.922. The van der Waals surface area contributed by atoms with Crippen LogP contribution < -0.4 is 5.32 Å². The maximum absolute atomic E-state index is 5.46. The molecule has 1 fully saturated rings. The fraction of sp³-hybridized carbons (Fsp3) is 0.467. The summed E-state index contributed by atoms with van der Waals surface area (Å²) < 4.78 is 6.52. The topological polar surface area (TPSA) is 54.2 Å². The van der Waals surface area contributed by atoms with Crippen molar-refractivity contribution in [3.63, 3.8) is 0 Å². The smallest absolute Gasteiger partial charge is 0.258 e. The van der Waals surface area contributed by atoms with Crippen molar-refractivity contribution in [3.8, 4) is 11.5 Å². The molecule has 0 radical (unpaired) electrons. The molecule has 1 aromatic heterocycles. The van der Waals surface area contributed by atoms with Gasteiger partial charge in [-0.15, -0.1) is 0 Å². The minimum atomic E-state index is 0.181. The molecule has 0 amide bonds. The minimum Gasteiger partial charge on any atom is -0.334 e. The number of nitrogens with zero attached hydrogens (tertiary/aromatic N) is 3. The third-order valence-corrected chi connectivity index (χ3v) is 4.43. The van der Waals surface area contributed by atoms with Gasteiger partial charge in [0.1, 0.15) is 0 Å². The summed E-state index contributed by atoms with van der Waals surface area (Å²) in [5, 5.41) is 7.53. The molecule has 112 valence electrons. The van der Waals surface area contributed by atoms with Gasteiger partial charge in [-0.1, -0.05) is 21.1 Å². The fourth-order valence-electron chi connectivity index (χ4n) is 2.61. The van der Waals surface area contributed by atoms with Gasteiger partial charge < -0.3 is 9.84 Å². The number of aryl methyl sites for hydroxylation is 1. The van der Waals surface area contributed by atoms with Crippen LogP contribution in [0.5, 0.6) is 0 Å². The van der Waals surface area contributed by atoms with Gasteiger partial charge in [0.2, 0.25) is 0 Å². The number of halogens is 1. The van der Waals surface area contributed by atoms with Crippen molar-refractivity contribution < 1.29 is 4.52 Å². The Hall–Kier alpha value is -1.24. The predicted octanol–water partition coefficient (Wildman–Crippen LogP) is 2.77. The number of benzene rings is 1. The predicted molar refractivity (Wildman–Crippen MR) is 85.0 cm³/mol. The van der Waals surface area contributed by atoms with Gasteiger partial charge in [-0.05, 0) is 37.6 Å². The average molecular weight is 351 g/mol. The van der Waals surface area contributed by atoms with Crippen molar-refractivity contribution in [2.75, 3.05) is 26.2 Å².